The van der Waals surface area contributed by atoms with Crippen LogP contribution in [-0.4, -0.2) is 22.8 Å². The molecule has 0 aromatic carbocycles. The zero-order valence-electron chi connectivity index (χ0n) is 6.56. The third-order valence-corrected chi connectivity index (χ3v) is 1.36. The first kappa shape index (κ1) is 8.21. The zero-order valence-corrected chi connectivity index (χ0v) is 6.56. The zero-order chi connectivity index (χ0) is 8.97. The second-order valence-electron chi connectivity index (χ2n) is 2.21. The van der Waals surface area contributed by atoms with E-state index in [-0.39, 0.29) is 5.91 Å². The van der Waals surface area contributed by atoms with Crippen molar-refractivity contribution in [2.24, 2.45) is 0 Å². The van der Waals surface area contributed by atoms with Crippen LogP contribution in [-0.2, 0) is 0 Å². The minimum Gasteiger partial charge on any atom is -0.268 e. The minimum absolute atomic E-state index is 0.342. The van der Waals surface area contributed by atoms with Gasteiger partial charge < -0.3 is 0 Å². The topological polar surface area (TPSA) is 57.0 Å². The van der Waals surface area contributed by atoms with Crippen molar-refractivity contribution < 1.29 is 4.79 Å². The molecule has 0 fully saturated rings. The summed E-state index contributed by atoms with van der Waals surface area (Å²) in [7, 11) is 1.41. The van der Waals surface area contributed by atoms with Crippen molar-refractivity contribution in [3.63, 3.8) is 0 Å². The van der Waals surface area contributed by atoms with Gasteiger partial charge in [-0.3, -0.25) is 9.78 Å². The summed E-state index contributed by atoms with van der Waals surface area (Å²) in [5.74, 6) is -0.342. The molecule has 60 valence electrons. The number of aromatic nitrogens is 1. The summed E-state index contributed by atoms with van der Waals surface area (Å²) in [6.07, 6.45) is 4.72. The van der Waals surface area contributed by atoms with E-state index in [2.05, 4.69) is 4.98 Å². The Morgan fingerprint density at radius 3 is 3.00 bits per heavy atom. The molecular weight excluding hydrogens is 154 g/mol. The van der Waals surface area contributed by atoms with E-state index in [1.807, 2.05) is 0 Å². The molecule has 12 heavy (non-hydrogen) atoms. The molecule has 0 spiro atoms. The normalized spacial score (nSPS) is 8.67. The Bertz CT molecular complexity index is 315. The maximum atomic E-state index is 11.2. The van der Waals surface area contributed by atoms with Crippen LogP contribution in [0.5, 0.6) is 0 Å². The predicted molar refractivity (Wildman–Crippen MR) is 41.9 cm³/mol. The molecule has 4 nitrogen and oxygen atoms in total. The van der Waals surface area contributed by atoms with E-state index in [9.17, 15) is 4.79 Å². The van der Waals surface area contributed by atoms with Crippen molar-refractivity contribution in [1.82, 2.24) is 9.88 Å². The van der Waals surface area contributed by atoms with Crippen molar-refractivity contribution in [2.45, 2.75) is 0 Å². The van der Waals surface area contributed by atoms with Crippen LogP contribution in [0.4, 0.5) is 0 Å². The second kappa shape index (κ2) is 3.49. The number of rotatable bonds is 1. The fraction of sp³-hybridized carbons (Fsp3) is 0.125. The Morgan fingerprint density at radius 1 is 1.75 bits per heavy atom. The van der Waals surface area contributed by atoms with Crippen LogP contribution in [0.1, 0.15) is 10.4 Å². The average Bonchev–Trinajstić information content (AvgIpc) is 2.17. The minimum atomic E-state index is -0.342. The number of hydrogen-bond donors (Lipinski definition) is 0. The molecule has 0 N–H and O–H groups in total. The number of carbonyl (C=O) groups is 1. The first-order chi connectivity index (χ1) is 5.75. The molecule has 1 rings (SSSR count). The van der Waals surface area contributed by atoms with Crippen LogP contribution < -0.4 is 0 Å². The van der Waals surface area contributed by atoms with E-state index in [4.69, 9.17) is 5.26 Å². The van der Waals surface area contributed by atoms with Gasteiger partial charge in [0.15, 0.2) is 6.19 Å². The van der Waals surface area contributed by atoms with Crippen molar-refractivity contribution in [3.05, 3.63) is 30.1 Å². The molecule has 0 saturated heterocycles. The van der Waals surface area contributed by atoms with Gasteiger partial charge in [0, 0.05) is 19.4 Å². The monoisotopic (exact) mass is 161 g/mol. The van der Waals surface area contributed by atoms with Gasteiger partial charge in [-0.15, -0.1) is 0 Å². The molecule has 0 aliphatic rings. The van der Waals surface area contributed by atoms with Crippen LogP contribution >= 0.6 is 0 Å². The number of nitrogens with zero attached hydrogens (tertiary/aromatic N) is 3. The van der Waals surface area contributed by atoms with Gasteiger partial charge in [-0.25, -0.2) is 4.90 Å². The lowest BCUT2D eigenvalue weighted by atomic mass is 10.2. The SMILES string of the molecule is CN(C#N)C(=O)c1cccnc1. The summed E-state index contributed by atoms with van der Waals surface area (Å²) >= 11 is 0. The third-order valence-electron chi connectivity index (χ3n) is 1.36. The molecule has 0 bridgehead atoms. The standard InChI is InChI=1S/C8H7N3O/c1-11(6-9)8(12)7-3-2-4-10-5-7/h2-5H,1H3. The summed E-state index contributed by atoms with van der Waals surface area (Å²) in [4.78, 5) is 16.0. The lowest BCUT2D eigenvalue weighted by Crippen LogP contribution is -2.21. The fourth-order valence-corrected chi connectivity index (χ4v) is 0.728. The molecule has 0 aliphatic carbocycles. The maximum Gasteiger partial charge on any atom is 0.268 e. The van der Waals surface area contributed by atoms with Gasteiger partial charge in [0.25, 0.3) is 5.91 Å². The highest BCUT2D eigenvalue weighted by molar-refractivity contribution is 5.94. The highest BCUT2D eigenvalue weighted by Crippen LogP contribution is 1.99. The maximum absolute atomic E-state index is 11.2. The number of hydrogen-bond acceptors (Lipinski definition) is 3. The van der Waals surface area contributed by atoms with Gasteiger partial charge in [-0.1, -0.05) is 0 Å². The smallest absolute Gasteiger partial charge is 0.268 e. The van der Waals surface area contributed by atoms with Crippen molar-refractivity contribution in [1.29, 1.82) is 5.26 Å². The van der Waals surface area contributed by atoms with Gasteiger partial charge in [0.1, 0.15) is 0 Å². The average molecular weight is 161 g/mol. The summed E-state index contributed by atoms with van der Waals surface area (Å²) in [5.41, 5.74) is 0.418. The van der Waals surface area contributed by atoms with E-state index >= 15 is 0 Å². The molecule has 1 amide bonds. The van der Waals surface area contributed by atoms with E-state index in [0.717, 1.165) is 4.90 Å². The van der Waals surface area contributed by atoms with Crippen molar-refractivity contribution in [2.75, 3.05) is 7.05 Å². The Labute approximate surface area is 70.1 Å². The highest BCUT2D eigenvalue weighted by Gasteiger charge is 2.09. The molecule has 1 heterocycles. The molecule has 1 aromatic rings. The largest absolute Gasteiger partial charge is 0.268 e. The molecule has 0 radical (unpaired) electrons. The summed E-state index contributed by atoms with van der Waals surface area (Å²) in [5, 5.41) is 8.40. The van der Waals surface area contributed by atoms with Gasteiger partial charge in [0.2, 0.25) is 0 Å². The Hall–Kier alpha value is -1.89. The number of carbonyl (C=O) groups excluding carboxylic acids is 1. The van der Waals surface area contributed by atoms with Crippen molar-refractivity contribution in [3.8, 4) is 6.19 Å². The number of pyridine rings is 1. The number of nitriles is 1. The quantitative estimate of drug-likeness (QED) is 0.448. The van der Waals surface area contributed by atoms with Gasteiger partial charge in [-0.05, 0) is 12.1 Å². The molecule has 1 aromatic heterocycles. The predicted octanol–water partition coefficient (Wildman–Crippen LogP) is 0.635. The molecule has 0 aliphatic heterocycles. The van der Waals surface area contributed by atoms with Crippen LogP contribution in [0.2, 0.25) is 0 Å². The van der Waals surface area contributed by atoms with Gasteiger partial charge >= 0.3 is 0 Å². The van der Waals surface area contributed by atoms with Crippen LogP contribution in [0, 0.1) is 11.5 Å². The second-order valence-corrected chi connectivity index (χ2v) is 2.21. The van der Waals surface area contributed by atoms with Crippen LogP contribution in [0.3, 0.4) is 0 Å². The molecule has 0 unspecified atom stereocenters. The lowest BCUT2D eigenvalue weighted by Gasteiger charge is -2.04. The van der Waals surface area contributed by atoms with E-state index in [1.54, 1.807) is 24.5 Å². The molecule has 0 saturated carbocycles. The Kier molecular flexibility index (Phi) is 2.38. The third kappa shape index (κ3) is 1.58. The van der Waals surface area contributed by atoms with E-state index in [1.165, 1.54) is 13.2 Å². The number of amides is 1. The Morgan fingerprint density at radius 2 is 2.50 bits per heavy atom. The van der Waals surface area contributed by atoms with Gasteiger partial charge in [-0.2, -0.15) is 5.26 Å². The summed E-state index contributed by atoms with van der Waals surface area (Å²) < 4.78 is 0. The first-order valence-corrected chi connectivity index (χ1v) is 3.33. The molecule has 0 atom stereocenters. The Balaban J connectivity index is 2.88. The molecule has 4 heteroatoms. The van der Waals surface area contributed by atoms with Gasteiger partial charge in [0.05, 0.1) is 5.56 Å². The van der Waals surface area contributed by atoms with Crippen LogP contribution in [0.15, 0.2) is 24.5 Å². The lowest BCUT2D eigenvalue weighted by molar-refractivity contribution is 0.0858. The van der Waals surface area contributed by atoms with E-state index in [0.29, 0.717) is 5.56 Å². The summed E-state index contributed by atoms with van der Waals surface area (Å²) in [6.45, 7) is 0. The fourth-order valence-electron chi connectivity index (χ4n) is 0.728. The van der Waals surface area contributed by atoms with E-state index < -0.39 is 0 Å². The van der Waals surface area contributed by atoms with Crippen LogP contribution in [0.25, 0.3) is 0 Å². The highest BCUT2D eigenvalue weighted by atomic mass is 16.2. The first-order valence-electron chi connectivity index (χ1n) is 3.33. The molecular formula is C8H7N3O. The summed E-state index contributed by atoms with van der Waals surface area (Å²) in [6, 6.07) is 3.27. The van der Waals surface area contributed by atoms with Crippen molar-refractivity contribution >= 4 is 5.91 Å².